The van der Waals surface area contributed by atoms with Crippen LogP contribution in [0.1, 0.15) is 24.1 Å². The van der Waals surface area contributed by atoms with Crippen molar-refractivity contribution in [2.24, 2.45) is 5.92 Å². The zero-order chi connectivity index (χ0) is 20.4. The zero-order valence-corrected chi connectivity index (χ0v) is 16.1. The van der Waals surface area contributed by atoms with E-state index in [0.717, 1.165) is 56.9 Å². The fraction of sp³-hybridized carbons (Fsp3) is 0.450. The van der Waals surface area contributed by atoms with E-state index in [1.807, 2.05) is 6.20 Å². The molecule has 0 radical (unpaired) electrons. The van der Waals surface area contributed by atoms with E-state index in [-0.39, 0.29) is 0 Å². The molecule has 0 spiro atoms. The van der Waals surface area contributed by atoms with Crippen molar-refractivity contribution in [1.29, 1.82) is 0 Å². The number of alkyl halides is 3. The molecule has 1 fully saturated rings. The summed E-state index contributed by atoms with van der Waals surface area (Å²) in [7, 11) is 1.74. The molecule has 6 nitrogen and oxygen atoms in total. The summed E-state index contributed by atoms with van der Waals surface area (Å²) in [6.07, 6.45) is 4.09. The molecule has 1 saturated heterocycles. The van der Waals surface area contributed by atoms with E-state index < -0.39 is 11.9 Å². The van der Waals surface area contributed by atoms with Crippen molar-refractivity contribution in [1.82, 2.24) is 24.5 Å². The van der Waals surface area contributed by atoms with Crippen LogP contribution in [0, 0.1) is 5.92 Å². The van der Waals surface area contributed by atoms with E-state index in [9.17, 15) is 13.2 Å². The van der Waals surface area contributed by atoms with E-state index >= 15 is 0 Å². The molecule has 0 aromatic carbocycles. The molecule has 1 aliphatic heterocycles. The van der Waals surface area contributed by atoms with Gasteiger partial charge in [-0.2, -0.15) is 18.3 Å². The smallest absolute Gasteiger partial charge is 0.384 e. The summed E-state index contributed by atoms with van der Waals surface area (Å²) in [4.78, 5) is 10.3. The van der Waals surface area contributed by atoms with E-state index in [1.165, 1.54) is 12.3 Å². The Bertz CT molecular complexity index is 980. The minimum absolute atomic E-state index is 0.391. The molecule has 0 atom stereocenters. The third kappa shape index (κ3) is 4.40. The molecule has 0 saturated carbocycles. The third-order valence-electron chi connectivity index (χ3n) is 5.29. The normalized spacial score (nSPS) is 16.6. The monoisotopic (exact) mass is 405 g/mol. The molecular weight excluding hydrogens is 383 g/mol. The number of piperidine rings is 1. The highest BCUT2D eigenvalue weighted by Crippen LogP contribution is 2.31. The van der Waals surface area contributed by atoms with Crippen molar-refractivity contribution in [3.63, 3.8) is 0 Å². The molecule has 0 bridgehead atoms. The summed E-state index contributed by atoms with van der Waals surface area (Å²) in [6.45, 7) is 3.59. The number of methoxy groups -OCH3 is 1. The van der Waals surface area contributed by atoms with Gasteiger partial charge in [0.25, 0.3) is 0 Å². The Balaban J connectivity index is 1.51. The quantitative estimate of drug-likeness (QED) is 0.648. The molecule has 4 heterocycles. The number of hydrogen-bond acceptors (Lipinski definition) is 5. The Morgan fingerprint density at radius 2 is 1.97 bits per heavy atom. The van der Waals surface area contributed by atoms with E-state index in [2.05, 4.69) is 20.0 Å². The summed E-state index contributed by atoms with van der Waals surface area (Å²) in [5.74, 6) is 0.618. The number of nitrogens with zero attached hydrogens (tertiary/aromatic N) is 5. The van der Waals surface area contributed by atoms with Gasteiger partial charge in [-0.15, -0.1) is 0 Å². The van der Waals surface area contributed by atoms with Crippen molar-refractivity contribution in [2.45, 2.75) is 25.6 Å². The van der Waals surface area contributed by atoms with Crippen LogP contribution in [0.4, 0.5) is 13.2 Å². The molecule has 1 aliphatic rings. The maximum Gasteiger partial charge on any atom is 0.433 e. The lowest BCUT2D eigenvalue weighted by Gasteiger charge is -2.31. The summed E-state index contributed by atoms with van der Waals surface area (Å²) < 4.78 is 45.7. The lowest BCUT2D eigenvalue weighted by atomic mass is 9.97. The van der Waals surface area contributed by atoms with Gasteiger partial charge in [-0.25, -0.2) is 9.50 Å². The number of fused-ring (bicyclic) bond motifs is 1. The number of hydrogen-bond donors (Lipinski definition) is 0. The second-order valence-corrected chi connectivity index (χ2v) is 7.39. The van der Waals surface area contributed by atoms with Crippen LogP contribution in [0.15, 0.2) is 36.9 Å². The van der Waals surface area contributed by atoms with Gasteiger partial charge in [0.1, 0.15) is 5.69 Å². The Hall–Kier alpha value is -2.52. The van der Waals surface area contributed by atoms with Gasteiger partial charge in [0.05, 0.1) is 6.20 Å². The van der Waals surface area contributed by atoms with Crippen molar-refractivity contribution in [3.8, 4) is 11.1 Å². The molecule has 3 aromatic heterocycles. The van der Waals surface area contributed by atoms with Gasteiger partial charge in [-0.1, -0.05) is 0 Å². The van der Waals surface area contributed by atoms with E-state index in [0.29, 0.717) is 22.7 Å². The first kappa shape index (κ1) is 19.8. The molecule has 154 valence electrons. The van der Waals surface area contributed by atoms with Crippen LogP contribution in [-0.4, -0.2) is 51.3 Å². The van der Waals surface area contributed by atoms with Crippen LogP contribution in [0.2, 0.25) is 0 Å². The molecule has 29 heavy (non-hydrogen) atoms. The maximum absolute atomic E-state index is 13.0. The summed E-state index contributed by atoms with van der Waals surface area (Å²) in [5.41, 5.74) is 1.55. The number of aromatic nitrogens is 4. The van der Waals surface area contributed by atoms with E-state index in [1.54, 1.807) is 17.8 Å². The zero-order valence-electron chi connectivity index (χ0n) is 16.1. The van der Waals surface area contributed by atoms with Crippen LogP contribution in [-0.2, 0) is 17.5 Å². The average molecular weight is 405 g/mol. The number of ether oxygens (including phenoxy) is 1. The molecule has 9 heteroatoms. The molecule has 0 N–H and O–H groups in total. The first-order valence-corrected chi connectivity index (χ1v) is 9.51. The van der Waals surface area contributed by atoms with Gasteiger partial charge in [0.15, 0.2) is 5.65 Å². The van der Waals surface area contributed by atoms with Crippen molar-refractivity contribution in [3.05, 3.63) is 48.2 Å². The van der Waals surface area contributed by atoms with Gasteiger partial charge in [-0.3, -0.25) is 9.88 Å². The minimum atomic E-state index is -4.49. The standard InChI is InChI=1S/C20H22F3N5O/c1-29-13-14-3-6-27(7-4-14)11-15-9-25-19-17(10-26-28(19)12-15)16-2-5-24-18(8-16)20(21,22)23/h2,5,8-10,12,14H,3-4,6-7,11,13H2,1H3. The lowest BCUT2D eigenvalue weighted by Crippen LogP contribution is -2.34. The van der Waals surface area contributed by atoms with Crippen molar-refractivity contribution < 1.29 is 17.9 Å². The molecular formula is C20H22F3N5O. The molecule has 0 amide bonds. The second kappa shape index (κ2) is 8.08. The maximum atomic E-state index is 13.0. The van der Waals surface area contributed by atoms with Crippen LogP contribution >= 0.6 is 0 Å². The highest BCUT2D eigenvalue weighted by atomic mass is 19.4. The van der Waals surface area contributed by atoms with Crippen molar-refractivity contribution in [2.75, 3.05) is 26.8 Å². The van der Waals surface area contributed by atoms with Crippen molar-refractivity contribution >= 4 is 5.65 Å². The lowest BCUT2D eigenvalue weighted by molar-refractivity contribution is -0.141. The fourth-order valence-electron chi connectivity index (χ4n) is 3.76. The van der Waals surface area contributed by atoms with Gasteiger partial charge in [-0.05, 0) is 49.5 Å². The Morgan fingerprint density at radius 3 is 2.69 bits per heavy atom. The highest BCUT2D eigenvalue weighted by molar-refractivity contribution is 5.76. The molecule has 0 aliphatic carbocycles. The Morgan fingerprint density at radius 1 is 1.17 bits per heavy atom. The second-order valence-electron chi connectivity index (χ2n) is 7.39. The summed E-state index contributed by atoms with van der Waals surface area (Å²) >= 11 is 0. The largest absolute Gasteiger partial charge is 0.433 e. The summed E-state index contributed by atoms with van der Waals surface area (Å²) in [6, 6.07) is 2.56. The fourth-order valence-corrected chi connectivity index (χ4v) is 3.76. The predicted octanol–water partition coefficient (Wildman–Crippen LogP) is 3.67. The number of rotatable bonds is 5. The first-order valence-electron chi connectivity index (χ1n) is 9.51. The Labute approximate surface area is 166 Å². The minimum Gasteiger partial charge on any atom is -0.384 e. The molecule has 4 rings (SSSR count). The topological polar surface area (TPSA) is 55.5 Å². The number of halogens is 3. The van der Waals surface area contributed by atoms with Gasteiger partial charge < -0.3 is 4.74 Å². The highest BCUT2D eigenvalue weighted by Gasteiger charge is 2.32. The Kier molecular flexibility index (Phi) is 5.51. The number of likely N-dealkylation sites (tertiary alicyclic amines) is 1. The van der Waals surface area contributed by atoms with E-state index in [4.69, 9.17) is 4.74 Å². The van der Waals surface area contributed by atoms with Crippen LogP contribution < -0.4 is 0 Å². The SMILES string of the molecule is COCC1CCN(Cc2cnc3c(-c4ccnc(C(F)(F)F)c4)cnn3c2)CC1. The van der Waals surface area contributed by atoms with Gasteiger partial charge >= 0.3 is 6.18 Å². The first-order chi connectivity index (χ1) is 13.9. The molecule has 0 unspecified atom stereocenters. The predicted molar refractivity (Wildman–Crippen MR) is 101 cm³/mol. The van der Waals surface area contributed by atoms with Gasteiger partial charge in [0, 0.05) is 50.0 Å². The van der Waals surface area contributed by atoms with Crippen LogP contribution in [0.25, 0.3) is 16.8 Å². The van der Waals surface area contributed by atoms with Crippen LogP contribution in [0.3, 0.4) is 0 Å². The number of pyridine rings is 1. The van der Waals surface area contributed by atoms with Gasteiger partial charge in [0.2, 0.25) is 0 Å². The third-order valence-corrected chi connectivity index (χ3v) is 5.29. The van der Waals surface area contributed by atoms with Crippen LogP contribution in [0.5, 0.6) is 0 Å². The summed E-state index contributed by atoms with van der Waals surface area (Å²) in [5, 5.41) is 4.29. The molecule has 3 aromatic rings. The average Bonchev–Trinajstić information content (AvgIpc) is 3.12.